The van der Waals surface area contributed by atoms with E-state index in [1.165, 1.54) is 103 Å². The molecule has 0 aliphatic rings. The number of hydrogen-bond acceptors (Lipinski definition) is 6. The highest BCUT2D eigenvalue weighted by molar-refractivity contribution is 5.71. The number of hydrogen-bond donors (Lipinski definition) is 0. The minimum atomic E-state index is -0.796. The Bertz CT molecular complexity index is 1590. The number of ether oxygens (including phenoxy) is 3. The van der Waals surface area contributed by atoms with Crippen LogP contribution in [0.1, 0.15) is 284 Å². The molecule has 1 unspecified atom stereocenters. The Labute approximate surface area is 469 Å². The van der Waals surface area contributed by atoms with E-state index in [2.05, 4.69) is 142 Å². The lowest BCUT2D eigenvalue weighted by Gasteiger charge is -2.18. The van der Waals surface area contributed by atoms with Crippen LogP contribution in [0.5, 0.6) is 0 Å². The molecule has 0 aliphatic carbocycles. The van der Waals surface area contributed by atoms with Crippen molar-refractivity contribution in [3.05, 3.63) is 122 Å². The van der Waals surface area contributed by atoms with Gasteiger partial charge < -0.3 is 14.2 Å². The van der Waals surface area contributed by atoms with E-state index >= 15 is 0 Å². The fraction of sp³-hybridized carbons (Fsp3) is 0.671. The monoisotopic (exact) mass is 1050 g/mol. The first-order valence-electron chi connectivity index (χ1n) is 31.5. The first kappa shape index (κ1) is 71.8. The number of esters is 3. The first-order chi connectivity index (χ1) is 37.5. The standard InChI is InChI=1S/C70H116O6/c1-4-7-10-13-16-19-22-25-28-30-31-32-33-34-35-36-37-38-39-41-42-45-48-51-54-57-60-63-69(72)75-66-67(65-74-68(71)62-59-56-53-50-47-44-27-24-21-18-15-12-9-6-3)76-70(73)64-61-58-55-52-49-46-43-40-29-26-23-20-17-14-11-8-5-2/h7,10,15-20,24-29,31-32,34-35,37-38,67H,4-6,8-9,11-14,21-23,30,33,36,39-66H2,1-3H3/b10-7-,18-15-,19-16-,20-17-,27-24-,28-25-,29-26-,32-31-,35-34-,38-37-. The zero-order valence-corrected chi connectivity index (χ0v) is 49.5. The molecule has 0 aliphatic heterocycles. The first-order valence-corrected chi connectivity index (χ1v) is 31.5. The third kappa shape index (κ3) is 60.7. The third-order valence-corrected chi connectivity index (χ3v) is 13.2. The van der Waals surface area contributed by atoms with Gasteiger partial charge in [-0.2, -0.15) is 0 Å². The zero-order chi connectivity index (χ0) is 55.0. The molecule has 0 aromatic heterocycles. The van der Waals surface area contributed by atoms with Crippen LogP contribution in [0, 0.1) is 0 Å². The normalized spacial score (nSPS) is 12.9. The van der Waals surface area contributed by atoms with Gasteiger partial charge in [-0.25, -0.2) is 0 Å². The molecule has 432 valence electrons. The van der Waals surface area contributed by atoms with E-state index in [4.69, 9.17) is 14.2 Å². The van der Waals surface area contributed by atoms with Crippen LogP contribution in [0.4, 0.5) is 0 Å². The summed E-state index contributed by atoms with van der Waals surface area (Å²) in [5.74, 6) is -0.918. The molecule has 1 atom stereocenters. The average Bonchev–Trinajstić information content (AvgIpc) is 3.42. The maximum atomic E-state index is 12.9. The maximum absolute atomic E-state index is 12.9. The highest BCUT2D eigenvalue weighted by Gasteiger charge is 2.19. The quantitative estimate of drug-likeness (QED) is 0.0261. The van der Waals surface area contributed by atoms with E-state index in [1.807, 2.05) is 0 Å². The van der Waals surface area contributed by atoms with Gasteiger partial charge in [0, 0.05) is 19.3 Å². The number of rotatable bonds is 56. The molecule has 0 bridgehead atoms. The Morgan fingerprint density at radius 1 is 0.276 bits per heavy atom. The second-order valence-electron chi connectivity index (χ2n) is 20.6. The molecule has 0 radical (unpaired) electrons. The number of carbonyl (C=O) groups is 3. The predicted octanol–water partition coefficient (Wildman–Crippen LogP) is 21.6. The van der Waals surface area contributed by atoms with Crippen LogP contribution in [-0.2, 0) is 28.6 Å². The van der Waals surface area contributed by atoms with Crippen molar-refractivity contribution in [1.82, 2.24) is 0 Å². The fourth-order valence-electron chi connectivity index (χ4n) is 8.43. The second-order valence-corrected chi connectivity index (χ2v) is 20.6. The van der Waals surface area contributed by atoms with Gasteiger partial charge in [-0.15, -0.1) is 0 Å². The zero-order valence-electron chi connectivity index (χ0n) is 49.5. The minimum absolute atomic E-state index is 0.0923. The summed E-state index contributed by atoms with van der Waals surface area (Å²) in [4.78, 5) is 38.3. The SMILES string of the molecule is CC/C=C\C/C=C\C/C=C\C/C=C\C/C=C\C/C=C\CCCCCCCCCCC(=O)OCC(COC(=O)CCCCCCC/C=C\C/C=C\CCCC)OC(=O)CCCCCCCCC/C=C\C/C=C\CCCCC. The van der Waals surface area contributed by atoms with Crippen molar-refractivity contribution in [2.24, 2.45) is 0 Å². The highest BCUT2D eigenvalue weighted by atomic mass is 16.6. The Morgan fingerprint density at radius 3 is 0.842 bits per heavy atom. The summed E-state index contributed by atoms with van der Waals surface area (Å²) in [6, 6.07) is 0. The molecule has 6 heteroatoms. The van der Waals surface area contributed by atoms with Crippen molar-refractivity contribution >= 4 is 17.9 Å². The van der Waals surface area contributed by atoms with Crippen molar-refractivity contribution < 1.29 is 28.6 Å². The Balaban J connectivity index is 4.37. The summed E-state index contributed by atoms with van der Waals surface area (Å²) in [6.07, 6.45) is 87.6. The molecule has 0 saturated heterocycles. The van der Waals surface area contributed by atoms with E-state index in [1.54, 1.807) is 0 Å². The van der Waals surface area contributed by atoms with E-state index in [0.29, 0.717) is 19.3 Å². The van der Waals surface area contributed by atoms with E-state index in [0.717, 1.165) is 141 Å². The van der Waals surface area contributed by atoms with Crippen LogP contribution in [0.25, 0.3) is 0 Å². The summed E-state index contributed by atoms with van der Waals surface area (Å²) in [6.45, 7) is 6.44. The second kappa shape index (κ2) is 63.3. The van der Waals surface area contributed by atoms with Gasteiger partial charge in [-0.05, 0) is 128 Å². The molecular formula is C70H116O6. The van der Waals surface area contributed by atoms with Crippen LogP contribution in [0.3, 0.4) is 0 Å². The van der Waals surface area contributed by atoms with Gasteiger partial charge in [-0.3, -0.25) is 14.4 Å². The van der Waals surface area contributed by atoms with Crippen molar-refractivity contribution in [2.45, 2.75) is 290 Å². The molecule has 0 N–H and O–H groups in total. The van der Waals surface area contributed by atoms with E-state index < -0.39 is 6.10 Å². The summed E-state index contributed by atoms with van der Waals surface area (Å²) in [5.41, 5.74) is 0. The maximum Gasteiger partial charge on any atom is 0.306 e. The molecule has 0 saturated carbocycles. The van der Waals surface area contributed by atoms with Gasteiger partial charge in [-0.1, -0.05) is 258 Å². The van der Waals surface area contributed by atoms with E-state index in [-0.39, 0.29) is 31.1 Å². The van der Waals surface area contributed by atoms with Crippen molar-refractivity contribution in [2.75, 3.05) is 13.2 Å². The molecule has 0 spiro atoms. The summed E-state index contributed by atoms with van der Waals surface area (Å²) < 4.78 is 16.9. The molecule has 6 nitrogen and oxygen atoms in total. The molecule has 0 heterocycles. The number of carbonyl (C=O) groups excluding carboxylic acids is 3. The highest BCUT2D eigenvalue weighted by Crippen LogP contribution is 2.15. The van der Waals surface area contributed by atoms with Crippen LogP contribution >= 0.6 is 0 Å². The van der Waals surface area contributed by atoms with Crippen molar-refractivity contribution in [3.63, 3.8) is 0 Å². The lowest BCUT2D eigenvalue weighted by Crippen LogP contribution is -2.30. The lowest BCUT2D eigenvalue weighted by molar-refractivity contribution is -0.167. The van der Waals surface area contributed by atoms with Crippen molar-refractivity contribution in [3.8, 4) is 0 Å². The third-order valence-electron chi connectivity index (χ3n) is 13.2. The molecule has 0 amide bonds. The lowest BCUT2D eigenvalue weighted by atomic mass is 10.1. The topological polar surface area (TPSA) is 78.9 Å². The molecule has 0 aromatic rings. The van der Waals surface area contributed by atoms with Gasteiger partial charge in [0.05, 0.1) is 0 Å². The van der Waals surface area contributed by atoms with Gasteiger partial charge >= 0.3 is 17.9 Å². The van der Waals surface area contributed by atoms with Crippen LogP contribution in [-0.4, -0.2) is 37.2 Å². The molecule has 0 aromatic carbocycles. The largest absolute Gasteiger partial charge is 0.462 e. The van der Waals surface area contributed by atoms with Crippen LogP contribution in [0.2, 0.25) is 0 Å². The predicted molar refractivity (Wildman–Crippen MR) is 330 cm³/mol. The minimum Gasteiger partial charge on any atom is -0.462 e. The fourth-order valence-corrected chi connectivity index (χ4v) is 8.43. The Kier molecular flexibility index (Phi) is 59.9. The number of unbranched alkanes of at least 4 members (excludes halogenated alkanes) is 25. The van der Waals surface area contributed by atoms with Gasteiger partial charge in [0.25, 0.3) is 0 Å². The smallest absolute Gasteiger partial charge is 0.306 e. The molecule has 0 fully saturated rings. The van der Waals surface area contributed by atoms with Gasteiger partial charge in [0.2, 0.25) is 0 Å². The molecular weight excluding hydrogens is 937 g/mol. The van der Waals surface area contributed by atoms with Gasteiger partial charge in [0.1, 0.15) is 13.2 Å². The molecule has 76 heavy (non-hydrogen) atoms. The Morgan fingerprint density at radius 2 is 0.526 bits per heavy atom. The van der Waals surface area contributed by atoms with Gasteiger partial charge in [0.15, 0.2) is 6.10 Å². The summed E-state index contributed by atoms with van der Waals surface area (Å²) in [5, 5.41) is 0. The van der Waals surface area contributed by atoms with Crippen LogP contribution < -0.4 is 0 Å². The average molecular weight is 1050 g/mol. The molecule has 0 rings (SSSR count). The van der Waals surface area contributed by atoms with E-state index in [9.17, 15) is 14.4 Å². The Hall–Kier alpha value is -4.19. The number of allylic oxidation sites excluding steroid dienone is 20. The summed E-state index contributed by atoms with van der Waals surface area (Å²) >= 11 is 0. The summed E-state index contributed by atoms with van der Waals surface area (Å²) in [7, 11) is 0. The van der Waals surface area contributed by atoms with Crippen molar-refractivity contribution in [1.29, 1.82) is 0 Å². The van der Waals surface area contributed by atoms with Crippen LogP contribution in [0.15, 0.2) is 122 Å².